The quantitative estimate of drug-likeness (QED) is 0.907. The number of ether oxygens (including phenoxy) is 1. The van der Waals surface area contributed by atoms with Crippen molar-refractivity contribution in [2.45, 2.75) is 25.8 Å². The number of carbonyl (C=O) groups excluding carboxylic acids is 2. The van der Waals surface area contributed by atoms with Crippen molar-refractivity contribution < 1.29 is 14.3 Å². The number of likely N-dealkylation sites (tertiary alicyclic amines) is 1. The molecule has 1 heterocycles. The summed E-state index contributed by atoms with van der Waals surface area (Å²) in [5, 5.41) is 2.82. The molecule has 6 heteroatoms. The van der Waals surface area contributed by atoms with Crippen LogP contribution in [0.5, 0.6) is 0 Å². The zero-order chi connectivity index (χ0) is 15.2. The van der Waals surface area contributed by atoms with Gasteiger partial charge in [0.25, 0.3) is 5.91 Å². The van der Waals surface area contributed by atoms with Crippen molar-refractivity contribution in [3.8, 4) is 0 Å². The fourth-order valence-electron chi connectivity index (χ4n) is 2.37. The van der Waals surface area contributed by atoms with Crippen LogP contribution in [0.2, 0.25) is 0 Å². The highest BCUT2D eigenvalue weighted by Crippen LogP contribution is 2.20. The molecule has 1 aromatic rings. The summed E-state index contributed by atoms with van der Waals surface area (Å²) in [7, 11) is 0. The minimum absolute atomic E-state index is 0.0251. The van der Waals surface area contributed by atoms with Crippen molar-refractivity contribution in [1.29, 1.82) is 0 Å². The Kier molecular flexibility index (Phi) is 5.61. The number of piperidine rings is 1. The van der Waals surface area contributed by atoms with E-state index in [9.17, 15) is 9.59 Å². The average molecular weight is 355 g/mol. The fourth-order valence-corrected chi connectivity index (χ4v) is 2.83. The highest BCUT2D eigenvalue weighted by Gasteiger charge is 2.25. The first-order valence-corrected chi connectivity index (χ1v) is 7.88. The molecule has 21 heavy (non-hydrogen) atoms. The zero-order valence-electron chi connectivity index (χ0n) is 12.0. The normalized spacial score (nSPS) is 15.6. The molecule has 1 saturated heterocycles. The molecule has 0 aromatic heterocycles. The predicted molar refractivity (Wildman–Crippen MR) is 83.2 cm³/mol. The molecule has 0 spiro atoms. The third-order valence-electron chi connectivity index (χ3n) is 3.48. The summed E-state index contributed by atoms with van der Waals surface area (Å²) in [6, 6.07) is 7.49. The largest absolute Gasteiger partial charge is 0.450 e. The van der Waals surface area contributed by atoms with Gasteiger partial charge in [-0.3, -0.25) is 4.79 Å². The summed E-state index contributed by atoms with van der Waals surface area (Å²) < 4.78 is 5.67. The van der Waals surface area contributed by atoms with Gasteiger partial charge in [0.2, 0.25) is 0 Å². The SMILES string of the molecule is CCOC(=O)NC1CCN(C(=O)c2ccccc2Br)CC1. The van der Waals surface area contributed by atoms with E-state index in [2.05, 4.69) is 21.2 Å². The smallest absolute Gasteiger partial charge is 0.407 e. The Labute approximate surface area is 132 Å². The minimum atomic E-state index is -0.381. The maximum absolute atomic E-state index is 12.4. The lowest BCUT2D eigenvalue weighted by Crippen LogP contribution is -2.46. The van der Waals surface area contributed by atoms with Crippen LogP contribution in [-0.4, -0.2) is 42.6 Å². The molecule has 2 amide bonds. The van der Waals surface area contributed by atoms with E-state index < -0.39 is 0 Å². The molecule has 0 aliphatic carbocycles. The molecule has 1 aromatic carbocycles. The van der Waals surface area contributed by atoms with Crippen molar-refractivity contribution in [3.05, 3.63) is 34.3 Å². The standard InChI is InChI=1S/C15H19BrN2O3/c1-2-21-15(20)17-11-7-9-18(10-8-11)14(19)12-5-3-4-6-13(12)16/h3-6,11H,2,7-10H2,1H3,(H,17,20). The Morgan fingerprint density at radius 3 is 2.62 bits per heavy atom. The lowest BCUT2D eigenvalue weighted by atomic mass is 10.0. The second-order valence-electron chi connectivity index (χ2n) is 4.91. The van der Waals surface area contributed by atoms with E-state index >= 15 is 0 Å². The van der Waals surface area contributed by atoms with E-state index in [0.717, 1.165) is 17.3 Å². The van der Waals surface area contributed by atoms with E-state index in [1.54, 1.807) is 6.92 Å². The van der Waals surface area contributed by atoms with Crippen LogP contribution in [0.1, 0.15) is 30.1 Å². The molecule has 5 nitrogen and oxygen atoms in total. The molecule has 1 fully saturated rings. The van der Waals surface area contributed by atoms with Gasteiger partial charge >= 0.3 is 6.09 Å². The highest BCUT2D eigenvalue weighted by atomic mass is 79.9. The summed E-state index contributed by atoms with van der Waals surface area (Å²) in [4.78, 5) is 25.6. The van der Waals surface area contributed by atoms with Crippen molar-refractivity contribution in [2.75, 3.05) is 19.7 Å². The molecule has 0 radical (unpaired) electrons. The van der Waals surface area contributed by atoms with Crippen LogP contribution in [0.4, 0.5) is 4.79 Å². The van der Waals surface area contributed by atoms with Crippen LogP contribution in [-0.2, 0) is 4.74 Å². The zero-order valence-corrected chi connectivity index (χ0v) is 13.6. The van der Waals surface area contributed by atoms with Gasteiger partial charge in [0.15, 0.2) is 0 Å². The second kappa shape index (κ2) is 7.45. The Morgan fingerprint density at radius 2 is 2.00 bits per heavy atom. The van der Waals surface area contributed by atoms with Crippen molar-refractivity contribution in [3.63, 3.8) is 0 Å². The van der Waals surface area contributed by atoms with Crippen LogP contribution in [0.25, 0.3) is 0 Å². The van der Waals surface area contributed by atoms with Crippen LogP contribution in [0, 0.1) is 0 Å². The highest BCUT2D eigenvalue weighted by molar-refractivity contribution is 9.10. The average Bonchev–Trinajstić information content (AvgIpc) is 2.48. The first kappa shape index (κ1) is 15.8. The lowest BCUT2D eigenvalue weighted by molar-refractivity contribution is 0.0701. The van der Waals surface area contributed by atoms with Crippen molar-refractivity contribution in [1.82, 2.24) is 10.2 Å². The van der Waals surface area contributed by atoms with Gasteiger partial charge in [-0.2, -0.15) is 0 Å². The molecule has 1 N–H and O–H groups in total. The van der Waals surface area contributed by atoms with Crippen LogP contribution in [0.15, 0.2) is 28.7 Å². The topological polar surface area (TPSA) is 58.6 Å². The molecule has 1 aliphatic heterocycles. The number of carbonyl (C=O) groups is 2. The number of nitrogens with zero attached hydrogens (tertiary/aromatic N) is 1. The van der Waals surface area contributed by atoms with Gasteiger partial charge in [-0.05, 0) is 47.8 Å². The fraction of sp³-hybridized carbons (Fsp3) is 0.467. The number of hydrogen-bond donors (Lipinski definition) is 1. The summed E-state index contributed by atoms with van der Waals surface area (Å²) in [5.41, 5.74) is 0.675. The monoisotopic (exact) mass is 354 g/mol. The van der Waals surface area contributed by atoms with Gasteiger partial charge in [-0.15, -0.1) is 0 Å². The first-order chi connectivity index (χ1) is 10.1. The van der Waals surface area contributed by atoms with Gasteiger partial charge in [0.1, 0.15) is 0 Å². The van der Waals surface area contributed by atoms with Crippen LogP contribution >= 0.6 is 15.9 Å². The van der Waals surface area contributed by atoms with Gasteiger partial charge in [-0.1, -0.05) is 12.1 Å². The van der Waals surface area contributed by atoms with Crippen LogP contribution in [0.3, 0.4) is 0 Å². The van der Waals surface area contributed by atoms with E-state index in [-0.39, 0.29) is 18.0 Å². The molecule has 0 saturated carbocycles. The molecule has 1 aliphatic rings. The molecule has 0 atom stereocenters. The van der Waals surface area contributed by atoms with Gasteiger partial charge in [0, 0.05) is 23.6 Å². The molecule has 114 valence electrons. The lowest BCUT2D eigenvalue weighted by Gasteiger charge is -2.32. The number of rotatable bonds is 3. The number of benzene rings is 1. The molecule has 2 rings (SSSR count). The van der Waals surface area contributed by atoms with E-state index in [4.69, 9.17) is 4.74 Å². The Balaban J connectivity index is 1.88. The number of hydrogen-bond acceptors (Lipinski definition) is 3. The Morgan fingerprint density at radius 1 is 1.33 bits per heavy atom. The molecular formula is C15H19BrN2O3. The molecule has 0 unspecified atom stereocenters. The summed E-state index contributed by atoms with van der Waals surface area (Å²) in [5.74, 6) is 0.0251. The van der Waals surface area contributed by atoms with Crippen molar-refractivity contribution in [2.24, 2.45) is 0 Å². The maximum atomic E-state index is 12.4. The first-order valence-electron chi connectivity index (χ1n) is 7.09. The van der Waals surface area contributed by atoms with E-state index in [0.29, 0.717) is 25.3 Å². The number of halogens is 1. The number of nitrogens with one attached hydrogen (secondary N) is 1. The van der Waals surface area contributed by atoms with Crippen LogP contribution < -0.4 is 5.32 Å². The predicted octanol–water partition coefficient (Wildman–Crippen LogP) is 2.80. The van der Waals surface area contributed by atoms with E-state index in [1.165, 1.54) is 0 Å². The van der Waals surface area contributed by atoms with E-state index in [1.807, 2.05) is 29.2 Å². The number of alkyl carbamates (subject to hydrolysis) is 1. The van der Waals surface area contributed by atoms with Gasteiger partial charge < -0.3 is 15.0 Å². The summed E-state index contributed by atoms with van der Waals surface area (Å²) >= 11 is 3.40. The third-order valence-corrected chi connectivity index (χ3v) is 4.18. The second-order valence-corrected chi connectivity index (χ2v) is 5.77. The van der Waals surface area contributed by atoms with Gasteiger partial charge in [0.05, 0.1) is 12.2 Å². The van der Waals surface area contributed by atoms with Crippen molar-refractivity contribution >= 4 is 27.9 Å². The Hall–Kier alpha value is -1.56. The van der Waals surface area contributed by atoms with Gasteiger partial charge in [-0.25, -0.2) is 4.79 Å². The third kappa shape index (κ3) is 4.20. The summed E-state index contributed by atoms with van der Waals surface area (Å²) in [6.45, 7) is 3.41. The summed E-state index contributed by atoms with van der Waals surface area (Å²) in [6.07, 6.45) is 1.11. The molecule has 0 bridgehead atoms. The Bertz CT molecular complexity index is 513. The molecular weight excluding hydrogens is 336 g/mol. The minimum Gasteiger partial charge on any atom is -0.450 e. The maximum Gasteiger partial charge on any atom is 0.407 e. The number of amides is 2.